The van der Waals surface area contributed by atoms with E-state index in [0.717, 1.165) is 74.0 Å². The summed E-state index contributed by atoms with van der Waals surface area (Å²) in [5.74, 6) is 1.14. The number of hydrogen-bond donors (Lipinski definition) is 0. The van der Waals surface area contributed by atoms with Crippen LogP contribution < -0.4 is 4.74 Å². The van der Waals surface area contributed by atoms with Gasteiger partial charge in [0.05, 0.1) is 5.92 Å². The minimum absolute atomic E-state index is 0.0167. The summed E-state index contributed by atoms with van der Waals surface area (Å²) in [7, 11) is 0. The van der Waals surface area contributed by atoms with Gasteiger partial charge in [0.15, 0.2) is 0 Å². The summed E-state index contributed by atoms with van der Waals surface area (Å²) in [5, 5.41) is 0. The highest BCUT2D eigenvalue weighted by Gasteiger charge is 2.27. The number of halogens is 1. The van der Waals surface area contributed by atoms with Crippen molar-refractivity contribution in [2.24, 2.45) is 11.8 Å². The standard InChI is InChI=1S/C36H53FO2/c1-3-5-7-8-9-10-11-12-13-15-16-29-18-20-32(21-19-29)36(38)39-34-26-24-30(25-27-34)33-23-22-31(35(37)28-33)17-14-6-4-2/h22-29,32H,3-21H2,1-2H3. The largest absolute Gasteiger partial charge is 0.426 e. The van der Waals surface area contributed by atoms with Crippen molar-refractivity contribution >= 4 is 5.97 Å². The number of carbonyl (C=O) groups is 1. The summed E-state index contributed by atoms with van der Waals surface area (Å²) >= 11 is 0. The van der Waals surface area contributed by atoms with E-state index in [1.807, 2.05) is 36.4 Å². The van der Waals surface area contributed by atoms with Gasteiger partial charge in [0.1, 0.15) is 11.6 Å². The molecule has 0 amide bonds. The van der Waals surface area contributed by atoms with Crippen LogP contribution in [0.1, 0.15) is 135 Å². The molecule has 2 aromatic rings. The average Bonchev–Trinajstić information content (AvgIpc) is 2.95. The van der Waals surface area contributed by atoms with Gasteiger partial charge in [0, 0.05) is 0 Å². The van der Waals surface area contributed by atoms with E-state index < -0.39 is 0 Å². The number of carbonyl (C=O) groups excluding carboxylic acids is 1. The lowest BCUT2D eigenvalue weighted by atomic mass is 9.79. The molecule has 216 valence electrons. The molecule has 1 fully saturated rings. The van der Waals surface area contributed by atoms with Crippen LogP contribution in [0.5, 0.6) is 5.75 Å². The predicted molar refractivity (Wildman–Crippen MR) is 163 cm³/mol. The maximum absolute atomic E-state index is 14.6. The van der Waals surface area contributed by atoms with E-state index >= 15 is 0 Å². The second kappa shape index (κ2) is 18.2. The molecule has 0 heterocycles. The van der Waals surface area contributed by atoms with Crippen LogP contribution in [-0.2, 0) is 11.2 Å². The summed E-state index contributed by atoms with van der Waals surface area (Å²) < 4.78 is 20.3. The van der Waals surface area contributed by atoms with Gasteiger partial charge in [-0.15, -0.1) is 0 Å². The highest BCUT2D eigenvalue weighted by molar-refractivity contribution is 5.75. The first-order valence-electron chi connectivity index (χ1n) is 16.2. The molecule has 39 heavy (non-hydrogen) atoms. The van der Waals surface area contributed by atoms with E-state index in [1.165, 1.54) is 70.6 Å². The van der Waals surface area contributed by atoms with E-state index in [1.54, 1.807) is 6.07 Å². The molecule has 0 aromatic heterocycles. The summed E-state index contributed by atoms with van der Waals surface area (Å²) in [6.07, 6.45) is 23.4. The van der Waals surface area contributed by atoms with E-state index in [2.05, 4.69) is 13.8 Å². The minimum atomic E-state index is -0.136. The Morgan fingerprint density at radius 1 is 0.718 bits per heavy atom. The number of aryl methyl sites for hydroxylation is 1. The van der Waals surface area contributed by atoms with Gasteiger partial charge in [-0.3, -0.25) is 4.79 Å². The zero-order valence-electron chi connectivity index (χ0n) is 24.8. The van der Waals surface area contributed by atoms with Gasteiger partial charge in [0.2, 0.25) is 0 Å². The first-order chi connectivity index (χ1) is 19.1. The number of unbranched alkanes of at least 4 members (excludes halogenated alkanes) is 11. The van der Waals surface area contributed by atoms with Crippen LogP contribution in [0.4, 0.5) is 4.39 Å². The second-order valence-corrected chi connectivity index (χ2v) is 11.9. The molecular formula is C36H53FO2. The SMILES string of the molecule is CCCCCCCCCCCCC1CCC(C(=O)Oc2ccc(-c3ccc(CCCCC)c(F)c3)cc2)CC1. The van der Waals surface area contributed by atoms with Crippen LogP contribution >= 0.6 is 0 Å². The van der Waals surface area contributed by atoms with Gasteiger partial charge in [-0.05, 0) is 79.3 Å². The van der Waals surface area contributed by atoms with Crippen LogP contribution in [0.15, 0.2) is 42.5 Å². The first-order valence-corrected chi connectivity index (χ1v) is 16.2. The highest BCUT2D eigenvalue weighted by atomic mass is 19.1. The van der Waals surface area contributed by atoms with Gasteiger partial charge < -0.3 is 4.74 Å². The van der Waals surface area contributed by atoms with Gasteiger partial charge in [-0.1, -0.05) is 122 Å². The molecule has 0 N–H and O–H groups in total. The monoisotopic (exact) mass is 536 g/mol. The number of ether oxygens (including phenoxy) is 1. The fourth-order valence-corrected chi connectivity index (χ4v) is 6.02. The Bertz CT molecular complexity index is 943. The molecule has 0 bridgehead atoms. The molecule has 0 radical (unpaired) electrons. The Hall–Kier alpha value is -2.16. The summed E-state index contributed by atoms with van der Waals surface area (Å²) in [4.78, 5) is 12.8. The Morgan fingerprint density at radius 3 is 1.90 bits per heavy atom. The Kier molecular flexibility index (Phi) is 14.7. The normalized spacial score (nSPS) is 17.3. The molecule has 3 rings (SSSR count). The molecule has 0 unspecified atom stereocenters. The topological polar surface area (TPSA) is 26.3 Å². The van der Waals surface area contributed by atoms with Crippen LogP contribution in [0.3, 0.4) is 0 Å². The maximum atomic E-state index is 14.6. The van der Waals surface area contributed by atoms with Crippen molar-refractivity contribution in [3.05, 3.63) is 53.8 Å². The van der Waals surface area contributed by atoms with Crippen molar-refractivity contribution in [3.63, 3.8) is 0 Å². The quantitative estimate of drug-likeness (QED) is 0.108. The molecule has 0 atom stereocenters. The highest BCUT2D eigenvalue weighted by Crippen LogP contribution is 2.33. The summed E-state index contributed by atoms with van der Waals surface area (Å²) in [6, 6.07) is 13.0. The molecule has 1 aliphatic carbocycles. The zero-order chi connectivity index (χ0) is 27.7. The van der Waals surface area contributed by atoms with Crippen molar-refractivity contribution in [2.75, 3.05) is 0 Å². The Labute approximate surface area is 238 Å². The minimum Gasteiger partial charge on any atom is -0.426 e. The maximum Gasteiger partial charge on any atom is 0.314 e. The van der Waals surface area contributed by atoms with Crippen LogP contribution in [0, 0.1) is 17.7 Å². The molecule has 1 saturated carbocycles. The molecule has 0 aliphatic heterocycles. The van der Waals surface area contributed by atoms with Crippen LogP contribution in [0.25, 0.3) is 11.1 Å². The van der Waals surface area contributed by atoms with Crippen molar-refractivity contribution in [1.82, 2.24) is 0 Å². The Balaban J connectivity index is 1.32. The predicted octanol–water partition coefficient (Wildman–Crippen LogP) is 11.2. The molecule has 1 aliphatic rings. The van der Waals surface area contributed by atoms with Crippen LogP contribution in [0.2, 0.25) is 0 Å². The number of rotatable bonds is 18. The third-order valence-corrected chi connectivity index (χ3v) is 8.65. The van der Waals surface area contributed by atoms with E-state index in [9.17, 15) is 9.18 Å². The Morgan fingerprint density at radius 2 is 1.28 bits per heavy atom. The lowest BCUT2D eigenvalue weighted by molar-refractivity contribution is -0.140. The lowest BCUT2D eigenvalue weighted by Gasteiger charge is -2.27. The molecule has 0 spiro atoms. The number of benzene rings is 2. The lowest BCUT2D eigenvalue weighted by Crippen LogP contribution is -2.25. The van der Waals surface area contributed by atoms with Gasteiger partial charge in [0.25, 0.3) is 0 Å². The number of hydrogen-bond acceptors (Lipinski definition) is 2. The summed E-state index contributed by atoms with van der Waals surface area (Å²) in [5.41, 5.74) is 2.57. The van der Waals surface area contributed by atoms with Crippen molar-refractivity contribution in [2.45, 2.75) is 136 Å². The van der Waals surface area contributed by atoms with Gasteiger partial charge in [-0.2, -0.15) is 0 Å². The molecular weight excluding hydrogens is 483 g/mol. The third-order valence-electron chi connectivity index (χ3n) is 8.65. The molecule has 2 nitrogen and oxygen atoms in total. The first kappa shape index (κ1) is 31.4. The fraction of sp³-hybridized carbons (Fsp3) is 0.639. The molecule has 2 aromatic carbocycles. The van der Waals surface area contributed by atoms with E-state index in [0.29, 0.717) is 5.75 Å². The molecule has 3 heteroatoms. The van der Waals surface area contributed by atoms with Gasteiger partial charge >= 0.3 is 5.97 Å². The molecule has 0 saturated heterocycles. The van der Waals surface area contributed by atoms with Crippen molar-refractivity contribution < 1.29 is 13.9 Å². The third kappa shape index (κ3) is 11.5. The van der Waals surface area contributed by atoms with E-state index in [-0.39, 0.29) is 17.7 Å². The van der Waals surface area contributed by atoms with E-state index in [4.69, 9.17) is 4.74 Å². The fourth-order valence-electron chi connectivity index (χ4n) is 6.02. The average molecular weight is 537 g/mol. The zero-order valence-corrected chi connectivity index (χ0v) is 24.8. The van der Waals surface area contributed by atoms with Crippen LogP contribution in [-0.4, -0.2) is 5.97 Å². The second-order valence-electron chi connectivity index (χ2n) is 11.9. The van der Waals surface area contributed by atoms with Crippen molar-refractivity contribution in [3.8, 4) is 16.9 Å². The summed E-state index contributed by atoms with van der Waals surface area (Å²) in [6.45, 7) is 4.43. The smallest absolute Gasteiger partial charge is 0.314 e. The number of esters is 1. The van der Waals surface area contributed by atoms with Gasteiger partial charge in [-0.25, -0.2) is 4.39 Å². The van der Waals surface area contributed by atoms with Crippen molar-refractivity contribution in [1.29, 1.82) is 0 Å².